The van der Waals surface area contributed by atoms with Crippen LogP contribution in [0, 0.1) is 0 Å². The summed E-state index contributed by atoms with van der Waals surface area (Å²) in [5.41, 5.74) is 2.57. The Bertz CT molecular complexity index is 1260. The van der Waals surface area contributed by atoms with Crippen LogP contribution in [-0.4, -0.2) is 60.6 Å². The van der Waals surface area contributed by atoms with Gasteiger partial charge in [0, 0.05) is 0 Å². The van der Waals surface area contributed by atoms with Crippen molar-refractivity contribution in [3.05, 3.63) is 70.7 Å². The Labute approximate surface area is 200 Å². The predicted octanol–water partition coefficient (Wildman–Crippen LogP) is 1.91. The topological polar surface area (TPSA) is 61.8 Å². The standard InChI is InChI=1S/C23H18N3O2SeSiTe/c1-30(2)18-9-5-3-7-16(18)26(17-8-4-6-10-19(17)30)20-12-11-14(29-20)13-15-21(27)24-23(31)25-22(15)28/h3-13H,1-2H3,(H,24,25,27,28). The molecule has 1 aromatic heterocycles. The number of aliphatic imine (C=N–C) groups is 1. The second kappa shape index (κ2) is 7.74. The van der Waals surface area contributed by atoms with Crippen molar-refractivity contribution in [1.29, 1.82) is 0 Å². The molecule has 5 rings (SSSR count). The van der Waals surface area contributed by atoms with Crippen molar-refractivity contribution in [3.8, 4) is 0 Å². The van der Waals surface area contributed by atoms with Gasteiger partial charge >= 0.3 is 202 Å². The molecule has 153 valence electrons. The average Bonchev–Trinajstić information content (AvgIpc) is 3.19. The fraction of sp³-hybridized carbons (Fsp3) is 0.0870. The molecule has 0 saturated carbocycles. The van der Waals surface area contributed by atoms with Crippen LogP contribution >= 0.6 is 0 Å². The summed E-state index contributed by atoms with van der Waals surface area (Å²) in [6.07, 6.45) is 1.69. The third-order valence-electron chi connectivity index (χ3n) is 5.65. The number of hydrogen-bond donors (Lipinski definition) is 1. The summed E-state index contributed by atoms with van der Waals surface area (Å²) in [5, 5.41) is 5.47. The van der Waals surface area contributed by atoms with Crippen molar-refractivity contribution >= 4 is 93.0 Å². The van der Waals surface area contributed by atoms with Gasteiger partial charge < -0.3 is 0 Å². The van der Waals surface area contributed by atoms with E-state index in [1.165, 1.54) is 48.6 Å². The molecule has 0 bridgehead atoms. The van der Waals surface area contributed by atoms with E-state index >= 15 is 0 Å². The van der Waals surface area contributed by atoms with Gasteiger partial charge in [-0.25, -0.2) is 0 Å². The van der Waals surface area contributed by atoms with Crippen LogP contribution in [0.15, 0.2) is 71.2 Å². The fourth-order valence-electron chi connectivity index (χ4n) is 4.16. The fourth-order valence-corrected chi connectivity index (χ4v) is 9.70. The van der Waals surface area contributed by atoms with E-state index in [2.05, 4.69) is 82.9 Å². The van der Waals surface area contributed by atoms with Crippen LogP contribution < -0.4 is 20.6 Å². The van der Waals surface area contributed by atoms with Crippen molar-refractivity contribution in [2.75, 3.05) is 4.90 Å². The van der Waals surface area contributed by atoms with E-state index in [-0.39, 0.29) is 26.0 Å². The van der Waals surface area contributed by atoms with E-state index in [4.69, 9.17) is 0 Å². The molecule has 8 heteroatoms. The molecule has 2 aromatic carbocycles. The molecule has 1 N–H and O–H groups in total. The number of carbonyl (C=O) groups is 2. The first-order valence-electron chi connectivity index (χ1n) is 9.78. The minimum absolute atomic E-state index is 0.0480. The van der Waals surface area contributed by atoms with E-state index in [0.29, 0.717) is 3.88 Å². The first kappa shape index (κ1) is 20.7. The molecule has 0 aliphatic carbocycles. The van der Waals surface area contributed by atoms with Gasteiger partial charge in [0.25, 0.3) is 0 Å². The molecule has 2 aliphatic heterocycles. The molecule has 2 amide bonds. The van der Waals surface area contributed by atoms with Gasteiger partial charge in [0.05, 0.1) is 0 Å². The van der Waals surface area contributed by atoms with Crippen molar-refractivity contribution < 1.29 is 9.59 Å². The third kappa shape index (κ3) is 3.49. The first-order valence-corrected chi connectivity index (χ1v) is 15.7. The Kier molecular flexibility index (Phi) is 5.16. The Morgan fingerprint density at radius 1 is 0.968 bits per heavy atom. The predicted molar refractivity (Wildman–Crippen MR) is 129 cm³/mol. The summed E-state index contributed by atoms with van der Waals surface area (Å²) in [5.74, 6) is -0.859. The van der Waals surface area contributed by atoms with Crippen LogP contribution in [-0.2, 0) is 9.59 Å². The number of para-hydroxylation sites is 2. The molecule has 2 aliphatic rings. The summed E-state index contributed by atoms with van der Waals surface area (Å²) in [6, 6.07) is 21.5. The normalized spacial score (nSPS) is 18.3. The Morgan fingerprint density at radius 3 is 2.19 bits per heavy atom. The second-order valence-corrected chi connectivity index (χ2v) is 15.6. The van der Waals surface area contributed by atoms with E-state index < -0.39 is 14.0 Å². The van der Waals surface area contributed by atoms with Crippen LogP contribution in [0.3, 0.4) is 0 Å². The number of amidine groups is 1. The Hall–Kier alpha value is -2.20. The van der Waals surface area contributed by atoms with E-state index in [1.807, 2.05) is 6.07 Å². The van der Waals surface area contributed by atoms with E-state index in [9.17, 15) is 9.59 Å². The number of nitrogens with zero attached hydrogens (tertiary/aromatic N) is 2. The Balaban J connectivity index is 1.62. The van der Waals surface area contributed by atoms with E-state index in [1.54, 1.807) is 6.08 Å². The first-order chi connectivity index (χ1) is 14.9. The van der Waals surface area contributed by atoms with Gasteiger partial charge in [-0.3, -0.25) is 0 Å². The van der Waals surface area contributed by atoms with E-state index in [0.717, 1.165) is 4.44 Å². The SMILES string of the molecule is C[Si]1(C)c2ccccc2N(c2ccc(/C=C3/C(=O)N=C([Te])NC3=O)[se]2)c2ccccc21. The van der Waals surface area contributed by atoms with Crippen LogP contribution in [0.2, 0.25) is 13.1 Å². The van der Waals surface area contributed by atoms with Crippen LogP contribution in [0.25, 0.3) is 6.08 Å². The van der Waals surface area contributed by atoms with Gasteiger partial charge in [-0.2, -0.15) is 0 Å². The number of benzene rings is 2. The van der Waals surface area contributed by atoms with Gasteiger partial charge in [0.15, 0.2) is 0 Å². The minimum atomic E-state index is -1.80. The van der Waals surface area contributed by atoms with Crippen molar-refractivity contribution in [3.63, 3.8) is 0 Å². The van der Waals surface area contributed by atoms with Gasteiger partial charge in [-0.1, -0.05) is 0 Å². The molecule has 0 saturated heterocycles. The number of rotatable bonds is 2. The summed E-state index contributed by atoms with van der Waals surface area (Å²) in [4.78, 5) is 30.7. The van der Waals surface area contributed by atoms with Crippen LogP contribution in [0.1, 0.15) is 4.44 Å². The zero-order valence-electron chi connectivity index (χ0n) is 16.9. The number of anilines is 3. The monoisotopic (exact) mass is 606 g/mol. The van der Waals surface area contributed by atoms with Gasteiger partial charge in [0.2, 0.25) is 0 Å². The average molecular weight is 603 g/mol. The van der Waals surface area contributed by atoms with Crippen molar-refractivity contribution in [2.24, 2.45) is 4.99 Å². The van der Waals surface area contributed by atoms with Crippen LogP contribution in [0.5, 0.6) is 0 Å². The summed E-state index contributed by atoms with van der Waals surface area (Å²) >= 11 is 1.49. The maximum absolute atomic E-state index is 12.3. The van der Waals surface area contributed by atoms with Crippen molar-refractivity contribution in [2.45, 2.75) is 13.1 Å². The molecule has 0 spiro atoms. The van der Waals surface area contributed by atoms with Gasteiger partial charge in [0.1, 0.15) is 0 Å². The quantitative estimate of drug-likeness (QED) is 0.277. The van der Waals surface area contributed by atoms with Gasteiger partial charge in [-0.15, -0.1) is 0 Å². The van der Waals surface area contributed by atoms with Crippen LogP contribution in [0.4, 0.5) is 15.9 Å². The summed E-state index contributed by atoms with van der Waals surface area (Å²) in [6.45, 7) is 4.81. The number of fused-ring (bicyclic) bond motifs is 2. The molecule has 0 atom stereocenters. The summed E-state index contributed by atoms with van der Waals surface area (Å²) in [7, 11) is -1.80. The molecule has 3 heterocycles. The number of nitrogens with one attached hydrogen (secondary N) is 1. The second-order valence-electron chi connectivity index (χ2n) is 7.90. The third-order valence-corrected chi connectivity index (χ3v) is 11.9. The molecule has 5 nitrogen and oxygen atoms in total. The summed E-state index contributed by atoms with van der Waals surface area (Å²) < 4.78 is 2.52. The molecule has 31 heavy (non-hydrogen) atoms. The van der Waals surface area contributed by atoms with Crippen molar-refractivity contribution in [1.82, 2.24) is 5.32 Å². The molecule has 3 aromatic rings. The number of carbonyl (C=O) groups excluding carboxylic acids is 2. The molecule has 1 radical (unpaired) electrons. The molecule has 0 unspecified atom stereocenters. The zero-order chi connectivity index (χ0) is 21.8. The number of amides is 2. The zero-order valence-corrected chi connectivity index (χ0v) is 21.9. The Morgan fingerprint density at radius 2 is 1.58 bits per heavy atom. The molecule has 0 fully saturated rings. The van der Waals surface area contributed by atoms with Gasteiger partial charge in [-0.05, 0) is 0 Å². The number of hydrogen-bond acceptors (Lipinski definition) is 3. The molecular formula is C23H18N3O2SeSiTe. The molecular weight excluding hydrogens is 585 g/mol. The maximum atomic E-state index is 12.3.